The lowest BCUT2D eigenvalue weighted by Crippen LogP contribution is -2.13. The Morgan fingerprint density at radius 2 is 2.19 bits per heavy atom. The Balaban J connectivity index is 2.16. The van der Waals surface area contributed by atoms with Crippen molar-refractivity contribution >= 4 is 11.6 Å². The number of hydrogen-bond acceptors (Lipinski definition) is 2. The number of H-pyrrole nitrogens is 2. The van der Waals surface area contributed by atoms with E-state index in [-0.39, 0.29) is 11.6 Å². The number of carbonyl (C=O) groups is 1. The lowest BCUT2D eigenvalue weighted by molar-refractivity contribution is 0.102. The van der Waals surface area contributed by atoms with Gasteiger partial charge in [-0.25, -0.2) is 4.79 Å². The van der Waals surface area contributed by atoms with Gasteiger partial charge in [0.15, 0.2) is 0 Å². The van der Waals surface area contributed by atoms with Crippen LogP contribution in [0.5, 0.6) is 0 Å². The molecule has 2 rings (SSSR count). The summed E-state index contributed by atoms with van der Waals surface area (Å²) in [6.07, 6.45) is 1.34. The molecular weight excluding hydrogens is 206 g/mol. The van der Waals surface area contributed by atoms with Gasteiger partial charge in [0.05, 0.1) is 0 Å². The van der Waals surface area contributed by atoms with Crippen molar-refractivity contribution in [3.05, 3.63) is 52.2 Å². The van der Waals surface area contributed by atoms with Gasteiger partial charge in [0, 0.05) is 11.9 Å². The third kappa shape index (κ3) is 2.20. The number of imidazole rings is 1. The van der Waals surface area contributed by atoms with Gasteiger partial charge in [0.25, 0.3) is 5.91 Å². The van der Waals surface area contributed by atoms with E-state index in [9.17, 15) is 9.59 Å². The molecule has 0 saturated carbocycles. The zero-order valence-electron chi connectivity index (χ0n) is 8.70. The van der Waals surface area contributed by atoms with E-state index in [0.29, 0.717) is 5.69 Å². The van der Waals surface area contributed by atoms with Crippen molar-refractivity contribution in [2.24, 2.45) is 0 Å². The minimum Gasteiger partial charge on any atom is -0.321 e. The summed E-state index contributed by atoms with van der Waals surface area (Å²) in [5.41, 5.74) is 1.58. The fourth-order valence-corrected chi connectivity index (χ4v) is 1.38. The Labute approximate surface area is 91.5 Å². The number of benzene rings is 1. The molecule has 0 aliphatic carbocycles. The molecule has 16 heavy (non-hydrogen) atoms. The molecule has 3 N–H and O–H groups in total. The molecule has 0 bridgehead atoms. The summed E-state index contributed by atoms with van der Waals surface area (Å²) < 4.78 is 0. The zero-order chi connectivity index (χ0) is 11.5. The van der Waals surface area contributed by atoms with Gasteiger partial charge >= 0.3 is 5.69 Å². The van der Waals surface area contributed by atoms with Crippen LogP contribution in [0.4, 0.5) is 5.69 Å². The molecule has 0 aliphatic heterocycles. The van der Waals surface area contributed by atoms with Gasteiger partial charge in [-0.15, -0.1) is 0 Å². The highest BCUT2D eigenvalue weighted by atomic mass is 16.2. The molecule has 0 atom stereocenters. The van der Waals surface area contributed by atoms with Crippen LogP contribution < -0.4 is 11.0 Å². The highest BCUT2D eigenvalue weighted by Crippen LogP contribution is 2.10. The number of amides is 1. The molecular formula is C11H11N3O2. The number of carbonyl (C=O) groups excluding carboxylic acids is 1. The Kier molecular flexibility index (Phi) is 2.59. The van der Waals surface area contributed by atoms with E-state index >= 15 is 0 Å². The van der Waals surface area contributed by atoms with Crippen molar-refractivity contribution in [1.82, 2.24) is 9.97 Å². The van der Waals surface area contributed by atoms with Crippen LogP contribution >= 0.6 is 0 Å². The van der Waals surface area contributed by atoms with Gasteiger partial charge in [-0.05, 0) is 24.6 Å². The Hall–Kier alpha value is -2.30. The van der Waals surface area contributed by atoms with E-state index in [1.165, 1.54) is 6.20 Å². The van der Waals surface area contributed by atoms with E-state index in [1.807, 2.05) is 25.1 Å². The molecule has 0 fully saturated rings. The lowest BCUT2D eigenvalue weighted by atomic mass is 10.2. The van der Waals surface area contributed by atoms with Crippen molar-refractivity contribution in [2.75, 3.05) is 5.32 Å². The molecule has 1 heterocycles. The predicted octanol–water partition coefficient (Wildman–Crippen LogP) is 1.26. The minimum atomic E-state index is -0.394. The van der Waals surface area contributed by atoms with Crippen molar-refractivity contribution < 1.29 is 4.79 Å². The molecule has 2 aromatic rings. The number of aromatic nitrogens is 2. The molecule has 5 nitrogen and oxygen atoms in total. The van der Waals surface area contributed by atoms with Crippen LogP contribution in [-0.2, 0) is 0 Å². The lowest BCUT2D eigenvalue weighted by Gasteiger charge is -2.03. The summed E-state index contributed by atoms with van der Waals surface area (Å²) in [5, 5.41) is 2.68. The van der Waals surface area contributed by atoms with Crippen molar-refractivity contribution in [1.29, 1.82) is 0 Å². The summed E-state index contributed by atoms with van der Waals surface area (Å²) in [7, 11) is 0. The maximum Gasteiger partial charge on any atom is 0.323 e. The second kappa shape index (κ2) is 4.06. The highest BCUT2D eigenvalue weighted by Gasteiger charge is 2.07. The van der Waals surface area contributed by atoms with Crippen LogP contribution in [0.3, 0.4) is 0 Å². The highest BCUT2D eigenvalue weighted by molar-refractivity contribution is 6.02. The van der Waals surface area contributed by atoms with Crippen LogP contribution in [0, 0.1) is 6.92 Å². The standard InChI is InChI=1S/C11H11N3O2/c1-7-3-2-4-8(5-7)13-10(15)9-6-12-11(16)14-9/h2-6H,1H3,(H,13,15)(H2,12,14,16). The average molecular weight is 217 g/mol. The SMILES string of the molecule is Cc1cccc(NC(=O)c2c[nH]c(=O)[nH]2)c1. The summed E-state index contributed by atoms with van der Waals surface area (Å²) in [5.74, 6) is -0.344. The summed E-state index contributed by atoms with van der Waals surface area (Å²) in [6.45, 7) is 1.94. The summed E-state index contributed by atoms with van der Waals surface area (Å²) in [4.78, 5) is 27.2. The minimum absolute atomic E-state index is 0.214. The topological polar surface area (TPSA) is 77.8 Å². The molecule has 1 amide bonds. The molecule has 1 aromatic carbocycles. The van der Waals surface area contributed by atoms with Crippen LogP contribution in [0.1, 0.15) is 16.1 Å². The zero-order valence-corrected chi connectivity index (χ0v) is 8.70. The monoisotopic (exact) mass is 217 g/mol. The van der Waals surface area contributed by atoms with E-state index < -0.39 is 5.69 Å². The first-order valence-electron chi connectivity index (χ1n) is 4.81. The van der Waals surface area contributed by atoms with Crippen molar-refractivity contribution in [3.63, 3.8) is 0 Å². The molecule has 0 saturated heterocycles. The Morgan fingerprint density at radius 1 is 1.38 bits per heavy atom. The second-order valence-corrected chi connectivity index (χ2v) is 3.48. The smallest absolute Gasteiger partial charge is 0.321 e. The number of aryl methyl sites for hydroxylation is 1. The third-order valence-electron chi connectivity index (χ3n) is 2.12. The van der Waals surface area contributed by atoms with Gasteiger partial charge in [0.1, 0.15) is 5.69 Å². The van der Waals surface area contributed by atoms with Crippen LogP contribution in [0.25, 0.3) is 0 Å². The van der Waals surface area contributed by atoms with E-state index in [2.05, 4.69) is 15.3 Å². The van der Waals surface area contributed by atoms with Crippen LogP contribution in [-0.4, -0.2) is 15.9 Å². The number of hydrogen-bond donors (Lipinski definition) is 3. The first-order chi connectivity index (χ1) is 7.65. The van der Waals surface area contributed by atoms with Gasteiger partial charge in [0.2, 0.25) is 0 Å². The maximum absolute atomic E-state index is 11.6. The van der Waals surface area contributed by atoms with E-state index in [1.54, 1.807) is 6.07 Å². The third-order valence-corrected chi connectivity index (χ3v) is 2.12. The van der Waals surface area contributed by atoms with Crippen molar-refractivity contribution in [3.8, 4) is 0 Å². The number of aromatic amines is 2. The molecule has 0 radical (unpaired) electrons. The van der Waals surface area contributed by atoms with E-state index in [0.717, 1.165) is 5.56 Å². The van der Waals surface area contributed by atoms with Crippen LogP contribution in [0.2, 0.25) is 0 Å². The largest absolute Gasteiger partial charge is 0.323 e. The normalized spacial score (nSPS) is 10.1. The Morgan fingerprint density at radius 3 is 2.81 bits per heavy atom. The fraction of sp³-hybridized carbons (Fsp3) is 0.0909. The van der Waals surface area contributed by atoms with Gasteiger partial charge in [-0.2, -0.15) is 0 Å². The fourth-order valence-electron chi connectivity index (χ4n) is 1.38. The second-order valence-electron chi connectivity index (χ2n) is 3.48. The van der Waals surface area contributed by atoms with Gasteiger partial charge in [-0.3, -0.25) is 4.79 Å². The molecule has 0 unspecified atom stereocenters. The number of rotatable bonds is 2. The molecule has 82 valence electrons. The van der Waals surface area contributed by atoms with Gasteiger partial charge < -0.3 is 15.3 Å². The quantitative estimate of drug-likeness (QED) is 0.708. The molecule has 0 aliphatic rings. The average Bonchev–Trinajstić information content (AvgIpc) is 2.65. The van der Waals surface area contributed by atoms with Gasteiger partial charge in [-0.1, -0.05) is 12.1 Å². The first-order valence-corrected chi connectivity index (χ1v) is 4.81. The van der Waals surface area contributed by atoms with E-state index in [4.69, 9.17) is 0 Å². The molecule has 1 aromatic heterocycles. The number of nitrogens with one attached hydrogen (secondary N) is 3. The number of anilines is 1. The summed E-state index contributed by atoms with van der Waals surface area (Å²) in [6, 6.07) is 7.43. The molecule has 5 heteroatoms. The first kappa shape index (κ1) is 10.2. The Bertz CT molecular complexity index is 568. The molecule has 0 spiro atoms. The maximum atomic E-state index is 11.6. The summed E-state index contributed by atoms with van der Waals surface area (Å²) >= 11 is 0. The predicted molar refractivity (Wildman–Crippen MR) is 60.5 cm³/mol. The van der Waals surface area contributed by atoms with Crippen molar-refractivity contribution in [2.45, 2.75) is 6.92 Å². The van der Waals surface area contributed by atoms with Crippen LogP contribution in [0.15, 0.2) is 35.3 Å².